The highest BCUT2D eigenvalue weighted by molar-refractivity contribution is 5.47. The maximum absolute atomic E-state index is 13.5. The molecule has 0 saturated carbocycles. The number of nitrogens with zero attached hydrogens (tertiary/aromatic N) is 1. The zero-order valence-electron chi connectivity index (χ0n) is 13.3. The Hall–Kier alpha value is -1.09. The van der Waals surface area contributed by atoms with E-state index in [2.05, 4.69) is 32.6 Å². The monoisotopic (exact) mass is 280 g/mol. The van der Waals surface area contributed by atoms with Crippen molar-refractivity contribution in [2.45, 2.75) is 47.1 Å². The van der Waals surface area contributed by atoms with Crippen LogP contribution in [0.15, 0.2) is 18.2 Å². The van der Waals surface area contributed by atoms with Crippen LogP contribution in [0.4, 0.5) is 10.1 Å². The van der Waals surface area contributed by atoms with Crippen LogP contribution in [0.3, 0.4) is 0 Å². The number of rotatable bonds is 8. The fraction of sp³-hybridized carbons (Fsp3) is 0.647. The lowest BCUT2D eigenvalue weighted by Gasteiger charge is -2.25. The smallest absolute Gasteiger partial charge is 0.146 e. The maximum atomic E-state index is 13.5. The minimum atomic E-state index is -0.310. The van der Waals surface area contributed by atoms with E-state index in [-0.39, 0.29) is 5.82 Å². The van der Waals surface area contributed by atoms with Crippen molar-refractivity contribution in [3.05, 3.63) is 29.6 Å². The number of nitrogens with two attached hydrogens (primary N) is 1. The maximum Gasteiger partial charge on any atom is 0.146 e. The van der Waals surface area contributed by atoms with Crippen molar-refractivity contribution < 1.29 is 4.39 Å². The van der Waals surface area contributed by atoms with Gasteiger partial charge < -0.3 is 5.73 Å². The summed E-state index contributed by atoms with van der Waals surface area (Å²) in [4.78, 5) is 2.39. The van der Waals surface area contributed by atoms with Gasteiger partial charge >= 0.3 is 0 Å². The van der Waals surface area contributed by atoms with E-state index < -0.39 is 0 Å². The number of para-hydroxylation sites is 1. The van der Waals surface area contributed by atoms with Gasteiger partial charge in [0.25, 0.3) is 0 Å². The molecular weight excluding hydrogens is 251 g/mol. The van der Waals surface area contributed by atoms with Crippen molar-refractivity contribution in [3.63, 3.8) is 0 Å². The second kappa shape index (κ2) is 8.25. The highest BCUT2D eigenvalue weighted by atomic mass is 19.1. The van der Waals surface area contributed by atoms with Crippen LogP contribution in [-0.4, -0.2) is 18.0 Å². The van der Waals surface area contributed by atoms with Gasteiger partial charge in [0.05, 0.1) is 5.69 Å². The Kier molecular flexibility index (Phi) is 7.00. The highest BCUT2D eigenvalue weighted by Gasteiger charge is 2.11. The molecule has 0 aliphatic heterocycles. The third-order valence-electron chi connectivity index (χ3n) is 3.58. The lowest BCUT2D eigenvalue weighted by Crippen LogP contribution is -2.28. The van der Waals surface area contributed by atoms with Crippen LogP contribution in [0.25, 0.3) is 0 Å². The first-order valence-electron chi connectivity index (χ1n) is 7.65. The van der Waals surface area contributed by atoms with Gasteiger partial charge in [-0.3, -0.25) is 4.90 Å². The number of halogens is 1. The molecule has 0 aliphatic rings. The Labute approximate surface area is 123 Å². The standard InChI is InChI=1S/C17H29FN2/c1-13(2)8-10-20(11-9-14(3)4)12-15-6-5-7-16(18)17(15)19/h5-7,13-14H,8-12,19H2,1-4H3. The van der Waals surface area contributed by atoms with E-state index >= 15 is 0 Å². The number of hydrogen-bond donors (Lipinski definition) is 1. The molecule has 0 unspecified atom stereocenters. The van der Waals surface area contributed by atoms with Crippen LogP contribution in [0.1, 0.15) is 46.1 Å². The second-order valence-corrected chi connectivity index (χ2v) is 6.45. The first-order chi connectivity index (χ1) is 9.40. The summed E-state index contributed by atoms with van der Waals surface area (Å²) < 4.78 is 13.5. The summed E-state index contributed by atoms with van der Waals surface area (Å²) in [6.45, 7) is 11.8. The minimum absolute atomic E-state index is 0.298. The fourth-order valence-electron chi connectivity index (χ4n) is 2.11. The number of benzene rings is 1. The average Bonchev–Trinajstić information content (AvgIpc) is 2.37. The van der Waals surface area contributed by atoms with Crippen LogP contribution in [-0.2, 0) is 6.54 Å². The molecule has 0 bridgehead atoms. The summed E-state index contributed by atoms with van der Waals surface area (Å²) in [5, 5.41) is 0. The third-order valence-corrected chi connectivity index (χ3v) is 3.58. The van der Waals surface area contributed by atoms with Gasteiger partial charge in [0.15, 0.2) is 0 Å². The quantitative estimate of drug-likeness (QED) is 0.719. The van der Waals surface area contributed by atoms with E-state index in [1.54, 1.807) is 6.07 Å². The van der Waals surface area contributed by atoms with Crippen LogP contribution in [0.2, 0.25) is 0 Å². The third kappa shape index (κ3) is 5.91. The molecule has 0 spiro atoms. The summed E-state index contributed by atoms with van der Waals surface area (Å²) in [5.74, 6) is 1.05. The van der Waals surface area contributed by atoms with Crippen LogP contribution in [0.5, 0.6) is 0 Å². The molecule has 20 heavy (non-hydrogen) atoms. The number of nitrogen functional groups attached to an aromatic ring is 1. The lowest BCUT2D eigenvalue weighted by atomic mass is 10.1. The predicted octanol–water partition coefficient (Wildman–Crippen LogP) is 4.30. The Morgan fingerprint density at radius 3 is 2.10 bits per heavy atom. The summed E-state index contributed by atoms with van der Waals surface area (Å²) in [6.07, 6.45) is 2.32. The van der Waals surface area contributed by atoms with Gasteiger partial charge in [0, 0.05) is 6.54 Å². The molecule has 0 amide bonds. The van der Waals surface area contributed by atoms with Gasteiger partial charge in [-0.25, -0.2) is 4.39 Å². The molecule has 0 radical (unpaired) electrons. The zero-order chi connectivity index (χ0) is 15.1. The molecule has 114 valence electrons. The molecule has 1 aromatic carbocycles. The van der Waals surface area contributed by atoms with Gasteiger partial charge in [-0.2, -0.15) is 0 Å². The van der Waals surface area contributed by atoms with E-state index in [0.717, 1.165) is 38.0 Å². The summed E-state index contributed by atoms with van der Waals surface area (Å²) >= 11 is 0. The first kappa shape index (κ1) is 17.0. The topological polar surface area (TPSA) is 29.3 Å². The second-order valence-electron chi connectivity index (χ2n) is 6.45. The normalized spacial score (nSPS) is 11.8. The highest BCUT2D eigenvalue weighted by Crippen LogP contribution is 2.19. The van der Waals surface area contributed by atoms with Gasteiger partial charge in [-0.15, -0.1) is 0 Å². The Morgan fingerprint density at radius 2 is 1.60 bits per heavy atom. The van der Waals surface area contributed by atoms with Gasteiger partial charge in [0.1, 0.15) is 5.82 Å². The van der Waals surface area contributed by atoms with Gasteiger partial charge in [0.2, 0.25) is 0 Å². The molecule has 2 N–H and O–H groups in total. The number of hydrogen-bond acceptors (Lipinski definition) is 2. The fourth-order valence-corrected chi connectivity index (χ4v) is 2.11. The van der Waals surface area contributed by atoms with Crippen molar-refractivity contribution in [1.29, 1.82) is 0 Å². The lowest BCUT2D eigenvalue weighted by molar-refractivity contribution is 0.236. The molecule has 0 saturated heterocycles. The van der Waals surface area contributed by atoms with E-state index in [1.807, 2.05) is 6.07 Å². The first-order valence-corrected chi connectivity index (χ1v) is 7.65. The largest absolute Gasteiger partial charge is 0.396 e. The molecule has 3 heteroatoms. The summed E-state index contributed by atoms with van der Waals surface area (Å²) in [7, 11) is 0. The van der Waals surface area contributed by atoms with Crippen LogP contribution >= 0.6 is 0 Å². The van der Waals surface area contributed by atoms with Crippen LogP contribution in [0, 0.1) is 17.7 Å². The van der Waals surface area contributed by atoms with Gasteiger partial charge in [-0.05, 0) is 49.4 Å². The van der Waals surface area contributed by atoms with E-state index in [1.165, 1.54) is 6.07 Å². The number of anilines is 1. The van der Waals surface area contributed by atoms with Crippen molar-refractivity contribution in [2.75, 3.05) is 18.8 Å². The summed E-state index contributed by atoms with van der Waals surface area (Å²) in [5.41, 5.74) is 7.04. The molecule has 0 atom stereocenters. The molecular formula is C17H29FN2. The minimum Gasteiger partial charge on any atom is -0.396 e. The molecule has 0 fully saturated rings. The van der Waals surface area contributed by atoms with Crippen molar-refractivity contribution in [2.24, 2.45) is 11.8 Å². The molecule has 0 heterocycles. The Morgan fingerprint density at radius 1 is 1.05 bits per heavy atom. The van der Waals surface area contributed by atoms with E-state index in [4.69, 9.17) is 5.73 Å². The summed E-state index contributed by atoms with van der Waals surface area (Å²) in [6, 6.07) is 5.09. The van der Waals surface area contributed by atoms with Crippen LogP contribution < -0.4 is 5.73 Å². The van der Waals surface area contributed by atoms with E-state index in [0.29, 0.717) is 17.5 Å². The van der Waals surface area contributed by atoms with Crippen molar-refractivity contribution >= 4 is 5.69 Å². The molecule has 0 aliphatic carbocycles. The van der Waals surface area contributed by atoms with Crippen molar-refractivity contribution in [3.8, 4) is 0 Å². The zero-order valence-corrected chi connectivity index (χ0v) is 13.3. The molecule has 0 aromatic heterocycles. The molecule has 1 aromatic rings. The SMILES string of the molecule is CC(C)CCN(CCC(C)C)Cc1cccc(F)c1N. The Bertz CT molecular complexity index is 390. The van der Waals surface area contributed by atoms with Gasteiger partial charge in [-0.1, -0.05) is 39.8 Å². The molecule has 2 nitrogen and oxygen atoms in total. The van der Waals surface area contributed by atoms with E-state index in [9.17, 15) is 4.39 Å². The van der Waals surface area contributed by atoms with Crippen molar-refractivity contribution in [1.82, 2.24) is 4.90 Å². The Balaban J connectivity index is 2.69. The molecule has 1 rings (SSSR count). The predicted molar refractivity (Wildman–Crippen MR) is 85.0 cm³/mol. The average molecular weight is 280 g/mol.